The number of carbonyl (C=O) groups is 2. The third-order valence-corrected chi connectivity index (χ3v) is 2.98. The predicted octanol–water partition coefficient (Wildman–Crippen LogP) is 0.00560. The summed E-state index contributed by atoms with van der Waals surface area (Å²) >= 11 is 0. The van der Waals surface area contributed by atoms with Gasteiger partial charge in [-0.2, -0.15) is 0 Å². The van der Waals surface area contributed by atoms with E-state index in [1.54, 1.807) is 4.90 Å². The average Bonchev–Trinajstić information content (AvgIpc) is 2.59. The van der Waals surface area contributed by atoms with Crippen LogP contribution in [0.1, 0.15) is 12.8 Å². The molecule has 0 bridgehead atoms. The van der Waals surface area contributed by atoms with E-state index in [2.05, 4.69) is 6.58 Å². The lowest BCUT2D eigenvalue weighted by Crippen LogP contribution is -2.52. The zero-order valence-electron chi connectivity index (χ0n) is 8.11. The van der Waals surface area contributed by atoms with Crippen LogP contribution in [0.25, 0.3) is 0 Å². The largest absolute Gasteiger partial charge is 0.336 e. The van der Waals surface area contributed by atoms with E-state index >= 15 is 0 Å². The Labute approximate surface area is 83.2 Å². The number of carbonyl (C=O) groups excluding carboxylic acids is 2. The molecule has 2 heterocycles. The molecule has 76 valence electrons. The predicted molar refractivity (Wildman–Crippen MR) is 51.5 cm³/mol. The standard InChI is InChI=1S/C10H14N2O2/c1-2-9(13)11-5-6-12-8(7-11)3-4-10(12)14/h2,8H,1,3-7H2. The van der Waals surface area contributed by atoms with Crippen molar-refractivity contribution in [1.29, 1.82) is 0 Å². The second-order valence-corrected chi connectivity index (χ2v) is 3.77. The summed E-state index contributed by atoms with van der Waals surface area (Å²) in [5.74, 6) is 0.213. The molecule has 2 fully saturated rings. The average molecular weight is 194 g/mol. The van der Waals surface area contributed by atoms with Crippen LogP contribution in [0.2, 0.25) is 0 Å². The van der Waals surface area contributed by atoms with Gasteiger partial charge in [-0.3, -0.25) is 9.59 Å². The molecular formula is C10H14N2O2. The molecule has 14 heavy (non-hydrogen) atoms. The first-order valence-electron chi connectivity index (χ1n) is 4.93. The molecular weight excluding hydrogens is 180 g/mol. The van der Waals surface area contributed by atoms with Gasteiger partial charge in [0.1, 0.15) is 0 Å². The maximum atomic E-state index is 11.4. The van der Waals surface area contributed by atoms with Crippen LogP contribution >= 0.6 is 0 Å². The maximum absolute atomic E-state index is 11.4. The van der Waals surface area contributed by atoms with Crippen molar-refractivity contribution in [3.63, 3.8) is 0 Å². The summed E-state index contributed by atoms with van der Waals surface area (Å²) in [6.07, 6.45) is 2.87. The van der Waals surface area contributed by atoms with E-state index in [0.29, 0.717) is 26.1 Å². The van der Waals surface area contributed by atoms with Crippen molar-refractivity contribution in [3.8, 4) is 0 Å². The molecule has 0 radical (unpaired) electrons. The smallest absolute Gasteiger partial charge is 0.246 e. The quantitative estimate of drug-likeness (QED) is 0.551. The van der Waals surface area contributed by atoms with Crippen LogP contribution in [0, 0.1) is 0 Å². The second-order valence-electron chi connectivity index (χ2n) is 3.77. The molecule has 1 atom stereocenters. The number of piperazine rings is 1. The Morgan fingerprint density at radius 3 is 3.00 bits per heavy atom. The fourth-order valence-corrected chi connectivity index (χ4v) is 2.19. The lowest BCUT2D eigenvalue weighted by Gasteiger charge is -2.37. The van der Waals surface area contributed by atoms with E-state index in [1.807, 2.05) is 4.90 Å². The van der Waals surface area contributed by atoms with Gasteiger partial charge in [-0.1, -0.05) is 6.58 Å². The maximum Gasteiger partial charge on any atom is 0.246 e. The van der Waals surface area contributed by atoms with E-state index in [-0.39, 0.29) is 17.9 Å². The van der Waals surface area contributed by atoms with E-state index in [9.17, 15) is 9.59 Å². The molecule has 2 amide bonds. The van der Waals surface area contributed by atoms with Crippen LogP contribution in [0.15, 0.2) is 12.7 Å². The Bertz CT molecular complexity index is 288. The molecule has 4 nitrogen and oxygen atoms in total. The minimum absolute atomic E-state index is 0.0241. The Morgan fingerprint density at radius 2 is 2.29 bits per heavy atom. The van der Waals surface area contributed by atoms with Gasteiger partial charge in [-0.15, -0.1) is 0 Å². The number of hydrogen-bond acceptors (Lipinski definition) is 2. The Balaban J connectivity index is 2.02. The molecule has 0 aromatic rings. The fraction of sp³-hybridized carbons (Fsp3) is 0.600. The molecule has 0 N–H and O–H groups in total. The lowest BCUT2D eigenvalue weighted by molar-refractivity contribution is -0.136. The number of hydrogen-bond donors (Lipinski definition) is 0. The topological polar surface area (TPSA) is 40.6 Å². The van der Waals surface area contributed by atoms with Crippen molar-refractivity contribution < 1.29 is 9.59 Å². The molecule has 4 heteroatoms. The number of fused-ring (bicyclic) bond motifs is 1. The van der Waals surface area contributed by atoms with Gasteiger partial charge in [-0.05, 0) is 12.5 Å². The Morgan fingerprint density at radius 1 is 1.50 bits per heavy atom. The fourth-order valence-electron chi connectivity index (χ4n) is 2.19. The first-order valence-corrected chi connectivity index (χ1v) is 4.93. The highest BCUT2D eigenvalue weighted by molar-refractivity contribution is 5.87. The van der Waals surface area contributed by atoms with Crippen molar-refractivity contribution in [2.45, 2.75) is 18.9 Å². The van der Waals surface area contributed by atoms with E-state index < -0.39 is 0 Å². The van der Waals surface area contributed by atoms with Gasteiger partial charge in [-0.25, -0.2) is 0 Å². The molecule has 0 aromatic heterocycles. The third-order valence-electron chi connectivity index (χ3n) is 2.98. The zero-order chi connectivity index (χ0) is 10.1. The van der Waals surface area contributed by atoms with E-state index in [0.717, 1.165) is 6.42 Å². The molecule has 2 aliphatic heterocycles. The van der Waals surface area contributed by atoms with Crippen LogP contribution in [-0.4, -0.2) is 47.3 Å². The van der Waals surface area contributed by atoms with Crippen LogP contribution in [0.5, 0.6) is 0 Å². The summed E-state index contributed by atoms with van der Waals surface area (Å²) in [5, 5.41) is 0. The minimum Gasteiger partial charge on any atom is -0.336 e. The molecule has 0 aromatic carbocycles. The van der Waals surface area contributed by atoms with Gasteiger partial charge in [0.2, 0.25) is 11.8 Å². The molecule has 0 saturated carbocycles. The number of nitrogens with zero attached hydrogens (tertiary/aromatic N) is 2. The summed E-state index contributed by atoms with van der Waals surface area (Å²) in [4.78, 5) is 26.4. The van der Waals surface area contributed by atoms with Gasteiger partial charge in [0.15, 0.2) is 0 Å². The van der Waals surface area contributed by atoms with Gasteiger partial charge in [0.05, 0.1) is 0 Å². The van der Waals surface area contributed by atoms with Crippen molar-refractivity contribution in [3.05, 3.63) is 12.7 Å². The highest BCUT2D eigenvalue weighted by Crippen LogP contribution is 2.22. The molecule has 1 unspecified atom stereocenters. The normalized spacial score (nSPS) is 26.3. The highest BCUT2D eigenvalue weighted by atomic mass is 16.2. The van der Waals surface area contributed by atoms with Crippen LogP contribution in [0.3, 0.4) is 0 Å². The highest BCUT2D eigenvalue weighted by Gasteiger charge is 2.36. The minimum atomic E-state index is -0.0241. The van der Waals surface area contributed by atoms with E-state index in [4.69, 9.17) is 0 Å². The molecule has 0 spiro atoms. The molecule has 0 aliphatic carbocycles. The van der Waals surface area contributed by atoms with Crippen molar-refractivity contribution in [1.82, 2.24) is 9.80 Å². The first kappa shape index (κ1) is 9.24. The van der Waals surface area contributed by atoms with Crippen molar-refractivity contribution in [2.24, 2.45) is 0 Å². The SMILES string of the molecule is C=CC(=O)N1CCN2C(=O)CCC2C1. The van der Waals surface area contributed by atoms with Crippen LogP contribution in [-0.2, 0) is 9.59 Å². The van der Waals surface area contributed by atoms with Crippen molar-refractivity contribution >= 4 is 11.8 Å². The molecule has 2 saturated heterocycles. The lowest BCUT2D eigenvalue weighted by atomic mass is 10.1. The summed E-state index contributed by atoms with van der Waals surface area (Å²) in [7, 11) is 0. The van der Waals surface area contributed by atoms with Crippen molar-refractivity contribution in [2.75, 3.05) is 19.6 Å². The first-order chi connectivity index (χ1) is 6.72. The summed E-state index contributed by atoms with van der Waals surface area (Å²) in [5.41, 5.74) is 0. The summed E-state index contributed by atoms with van der Waals surface area (Å²) < 4.78 is 0. The summed E-state index contributed by atoms with van der Waals surface area (Å²) in [6.45, 7) is 5.47. The van der Waals surface area contributed by atoms with Crippen LogP contribution in [0.4, 0.5) is 0 Å². The van der Waals surface area contributed by atoms with Gasteiger partial charge in [0.25, 0.3) is 0 Å². The molecule has 2 aliphatic rings. The van der Waals surface area contributed by atoms with Crippen LogP contribution < -0.4 is 0 Å². The summed E-state index contributed by atoms with van der Waals surface area (Å²) in [6, 6.07) is 0.250. The van der Waals surface area contributed by atoms with Gasteiger partial charge >= 0.3 is 0 Å². The van der Waals surface area contributed by atoms with E-state index in [1.165, 1.54) is 6.08 Å². The zero-order valence-corrected chi connectivity index (χ0v) is 8.11. The van der Waals surface area contributed by atoms with Gasteiger partial charge < -0.3 is 9.80 Å². The second kappa shape index (κ2) is 3.44. The number of amides is 2. The van der Waals surface area contributed by atoms with Gasteiger partial charge in [0, 0.05) is 32.1 Å². The monoisotopic (exact) mass is 194 g/mol. The number of rotatable bonds is 1. The molecule has 2 rings (SSSR count). The third kappa shape index (κ3) is 1.41. The Hall–Kier alpha value is -1.32. The Kier molecular flexibility index (Phi) is 2.27.